The Hall–Kier alpha value is -2.43. The average molecular weight is 467 g/mol. The Bertz CT molecular complexity index is 1050. The first-order valence-electron chi connectivity index (χ1n) is 11.1. The smallest absolute Gasteiger partial charge is 0.393 e. The molecule has 1 heterocycles. The van der Waals surface area contributed by atoms with E-state index >= 15 is 0 Å². The molecule has 5 N–H and O–H groups in total. The molecule has 0 spiro atoms. The number of Topliss-reactive ketones (excluding diaryl/α,β-unsaturated/α-hetero) is 1. The summed E-state index contributed by atoms with van der Waals surface area (Å²) >= 11 is 0. The summed E-state index contributed by atoms with van der Waals surface area (Å²) in [4.78, 5) is 12.7. The van der Waals surface area contributed by atoms with Crippen molar-refractivity contribution in [3.05, 3.63) is 40.7 Å². The average Bonchev–Trinajstić information content (AvgIpc) is 3.08. The third kappa shape index (κ3) is 4.78. The molecule has 2 aliphatic carbocycles. The van der Waals surface area contributed by atoms with E-state index in [1.54, 1.807) is 18.2 Å². The zero-order chi connectivity index (χ0) is 24.1. The van der Waals surface area contributed by atoms with Crippen LogP contribution in [0.5, 0.6) is 0 Å². The van der Waals surface area contributed by atoms with Crippen LogP contribution in [0.2, 0.25) is 0 Å². The van der Waals surface area contributed by atoms with Crippen LogP contribution in [0.3, 0.4) is 0 Å². The number of halogens is 3. The van der Waals surface area contributed by atoms with Gasteiger partial charge < -0.3 is 21.3 Å². The number of nitrogens with two attached hydrogens (primary N) is 1. The van der Waals surface area contributed by atoms with Gasteiger partial charge in [-0.15, -0.1) is 0 Å². The van der Waals surface area contributed by atoms with Gasteiger partial charge in [-0.2, -0.15) is 18.3 Å². The van der Waals surface area contributed by atoms with Gasteiger partial charge in [-0.05, 0) is 49.7 Å². The second-order valence-electron chi connectivity index (χ2n) is 9.89. The highest BCUT2D eigenvalue weighted by Crippen LogP contribution is 2.42. The number of anilines is 1. The number of rotatable bonds is 4. The van der Waals surface area contributed by atoms with Crippen molar-refractivity contribution < 1.29 is 28.2 Å². The Kier molecular flexibility index (Phi) is 6.05. The minimum Gasteiger partial charge on any atom is -0.393 e. The van der Waals surface area contributed by atoms with Crippen LogP contribution in [0.1, 0.15) is 79.5 Å². The van der Waals surface area contributed by atoms with E-state index < -0.39 is 29.3 Å². The van der Waals surface area contributed by atoms with Crippen molar-refractivity contribution in [1.29, 1.82) is 0 Å². The first-order chi connectivity index (χ1) is 15.4. The predicted molar refractivity (Wildman–Crippen MR) is 116 cm³/mol. The third-order valence-electron chi connectivity index (χ3n) is 6.47. The van der Waals surface area contributed by atoms with Crippen LogP contribution in [-0.2, 0) is 12.6 Å². The summed E-state index contributed by atoms with van der Waals surface area (Å²) in [6.45, 7) is 3.69. The number of alkyl halides is 3. The molecular weight excluding hydrogens is 437 g/mol. The number of aliphatic hydroxyl groups is 2. The molecule has 2 aliphatic rings. The summed E-state index contributed by atoms with van der Waals surface area (Å²) < 4.78 is 42.4. The largest absolute Gasteiger partial charge is 0.435 e. The summed E-state index contributed by atoms with van der Waals surface area (Å²) in [6.07, 6.45) is -3.40. The lowest BCUT2D eigenvalue weighted by molar-refractivity contribution is -0.141. The van der Waals surface area contributed by atoms with Crippen LogP contribution in [0.25, 0.3) is 5.69 Å². The second kappa shape index (κ2) is 8.41. The number of benzene rings is 1. The van der Waals surface area contributed by atoms with E-state index in [1.165, 1.54) is 4.68 Å². The van der Waals surface area contributed by atoms with Crippen LogP contribution in [-0.4, -0.2) is 37.9 Å². The van der Waals surface area contributed by atoms with E-state index in [2.05, 4.69) is 10.4 Å². The van der Waals surface area contributed by atoms with Crippen LogP contribution >= 0.6 is 0 Å². The molecule has 180 valence electrons. The number of nitrogens with one attached hydrogen (secondary N) is 1. The molecule has 4 rings (SSSR count). The summed E-state index contributed by atoms with van der Waals surface area (Å²) in [6, 6.07) is 4.73. The first-order valence-corrected chi connectivity index (χ1v) is 11.1. The highest BCUT2D eigenvalue weighted by Gasteiger charge is 2.45. The fraction of sp³-hybridized carbons (Fsp3) is 0.565. The number of carbonyl (C=O) groups is 1. The van der Waals surface area contributed by atoms with Crippen molar-refractivity contribution in [2.24, 2.45) is 11.1 Å². The quantitative estimate of drug-likeness (QED) is 0.511. The van der Waals surface area contributed by atoms with Gasteiger partial charge in [0.25, 0.3) is 0 Å². The van der Waals surface area contributed by atoms with Crippen molar-refractivity contribution in [2.75, 3.05) is 5.32 Å². The topological polar surface area (TPSA) is 113 Å². The Balaban J connectivity index is 1.80. The van der Waals surface area contributed by atoms with Crippen molar-refractivity contribution in [2.45, 2.75) is 76.9 Å². The molecule has 10 heteroatoms. The summed E-state index contributed by atoms with van der Waals surface area (Å²) in [5, 5.41) is 26.9. The SMILES string of the molecule is CC1(C)CC(=O)c2c(C(F)(F)F)nn(-c3ccc(C(N)O)c(N[C@H]4CC[C@H](O)CC4)c3)c2C1. The van der Waals surface area contributed by atoms with Gasteiger partial charge in [0.2, 0.25) is 0 Å². The number of hydrogen-bond donors (Lipinski definition) is 4. The molecule has 0 radical (unpaired) electrons. The number of nitrogens with zero attached hydrogens (tertiary/aromatic N) is 2. The van der Waals surface area contributed by atoms with E-state index in [0.29, 0.717) is 42.6 Å². The monoisotopic (exact) mass is 466 g/mol. The first kappa shape index (κ1) is 23.7. The van der Waals surface area contributed by atoms with E-state index in [9.17, 15) is 28.2 Å². The standard InChI is InChI=1S/C23H29F3N4O3/c1-22(2)10-17-19(18(32)11-22)20(23(24,25)26)29-30(17)13-5-8-15(21(27)33)16(9-13)28-12-3-6-14(31)7-4-12/h5,8-9,12,14,21,28,31,33H,3-4,6-7,10-11,27H2,1-2H3/t12-,14-,21?. The van der Waals surface area contributed by atoms with Gasteiger partial charge in [0.1, 0.15) is 6.23 Å². The molecule has 0 aliphatic heterocycles. The number of fused-ring (bicyclic) bond motifs is 1. The lowest BCUT2D eigenvalue weighted by Crippen LogP contribution is -2.29. The van der Waals surface area contributed by atoms with E-state index in [1.807, 2.05) is 13.8 Å². The molecule has 33 heavy (non-hydrogen) atoms. The molecule has 1 aromatic heterocycles. The number of ketones is 1. The Morgan fingerprint density at radius 3 is 2.48 bits per heavy atom. The lowest BCUT2D eigenvalue weighted by Gasteiger charge is -2.30. The van der Waals surface area contributed by atoms with Crippen molar-refractivity contribution >= 4 is 11.5 Å². The minimum atomic E-state index is -4.76. The Labute approximate surface area is 189 Å². The normalized spacial score (nSPS) is 23.8. The van der Waals surface area contributed by atoms with Gasteiger partial charge in [-0.1, -0.05) is 19.9 Å². The fourth-order valence-electron chi connectivity index (χ4n) is 4.86. The highest BCUT2D eigenvalue weighted by molar-refractivity contribution is 6.00. The summed E-state index contributed by atoms with van der Waals surface area (Å²) in [7, 11) is 0. The fourth-order valence-corrected chi connectivity index (χ4v) is 4.86. The molecule has 1 atom stereocenters. The van der Waals surface area contributed by atoms with Gasteiger partial charge in [-0.25, -0.2) is 4.68 Å². The molecule has 1 unspecified atom stereocenters. The highest BCUT2D eigenvalue weighted by atomic mass is 19.4. The maximum atomic E-state index is 13.8. The molecule has 0 bridgehead atoms. The number of carbonyl (C=O) groups excluding carboxylic acids is 1. The zero-order valence-corrected chi connectivity index (χ0v) is 18.6. The lowest BCUT2D eigenvalue weighted by atomic mass is 9.75. The van der Waals surface area contributed by atoms with Crippen LogP contribution < -0.4 is 11.1 Å². The minimum absolute atomic E-state index is 0.0212. The van der Waals surface area contributed by atoms with E-state index in [-0.39, 0.29) is 36.2 Å². The molecule has 1 saturated carbocycles. The molecule has 0 amide bonds. The molecule has 1 aromatic carbocycles. The summed E-state index contributed by atoms with van der Waals surface area (Å²) in [5.74, 6) is -0.562. The molecule has 1 fully saturated rings. The van der Waals surface area contributed by atoms with Crippen LogP contribution in [0, 0.1) is 5.41 Å². The number of hydrogen-bond acceptors (Lipinski definition) is 6. The third-order valence-corrected chi connectivity index (χ3v) is 6.47. The Morgan fingerprint density at radius 1 is 1.21 bits per heavy atom. The van der Waals surface area contributed by atoms with Gasteiger partial charge in [0.05, 0.1) is 23.0 Å². The zero-order valence-electron chi connectivity index (χ0n) is 18.6. The van der Waals surface area contributed by atoms with Gasteiger partial charge in [0, 0.05) is 23.7 Å². The van der Waals surface area contributed by atoms with Gasteiger partial charge in [0.15, 0.2) is 11.5 Å². The predicted octanol–water partition coefficient (Wildman–Crippen LogP) is 3.71. The molecule has 0 saturated heterocycles. The molecule has 7 nitrogen and oxygen atoms in total. The van der Waals surface area contributed by atoms with Gasteiger partial charge >= 0.3 is 6.18 Å². The van der Waals surface area contributed by atoms with E-state index in [4.69, 9.17) is 5.73 Å². The van der Waals surface area contributed by atoms with Crippen LogP contribution in [0.15, 0.2) is 18.2 Å². The van der Waals surface area contributed by atoms with Crippen molar-refractivity contribution in [3.63, 3.8) is 0 Å². The van der Waals surface area contributed by atoms with Crippen molar-refractivity contribution in [3.8, 4) is 5.69 Å². The number of aromatic nitrogens is 2. The second-order valence-corrected chi connectivity index (χ2v) is 9.89. The van der Waals surface area contributed by atoms with Crippen LogP contribution in [0.4, 0.5) is 18.9 Å². The molecular formula is C23H29F3N4O3. The Morgan fingerprint density at radius 2 is 1.88 bits per heavy atom. The summed E-state index contributed by atoms with van der Waals surface area (Å²) in [5.41, 5.74) is 5.15. The van der Waals surface area contributed by atoms with Crippen molar-refractivity contribution in [1.82, 2.24) is 9.78 Å². The maximum absolute atomic E-state index is 13.8. The van der Waals surface area contributed by atoms with Gasteiger partial charge in [-0.3, -0.25) is 4.79 Å². The van der Waals surface area contributed by atoms with E-state index in [0.717, 1.165) is 0 Å². The molecule has 2 aromatic rings. The number of aliphatic hydroxyl groups excluding tert-OH is 2. The maximum Gasteiger partial charge on any atom is 0.435 e.